The van der Waals surface area contributed by atoms with E-state index in [9.17, 15) is 15.0 Å². The smallest absolute Gasteiger partial charge is 0.231 e. The van der Waals surface area contributed by atoms with Gasteiger partial charge in [0, 0.05) is 68.3 Å². The Morgan fingerprint density at radius 1 is 1.12 bits per heavy atom. The summed E-state index contributed by atoms with van der Waals surface area (Å²) in [6, 6.07) is 14.1. The van der Waals surface area contributed by atoms with Crippen molar-refractivity contribution in [2.24, 2.45) is 22.9 Å². The zero-order valence-electron chi connectivity index (χ0n) is 29.9. The summed E-state index contributed by atoms with van der Waals surface area (Å²) in [5.41, 5.74) is 3.82. The van der Waals surface area contributed by atoms with Crippen LogP contribution >= 0.6 is 11.8 Å². The second kappa shape index (κ2) is 17.4. The maximum absolute atomic E-state index is 11.7. The van der Waals surface area contributed by atoms with E-state index < -0.39 is 5.79 Å². The number of nitrogens with one attached hydrogen (secondary N) is 1. The lowest BCUT2D eigenvalue weighted by atomic mass is 9.56. The van der Waals surface area contributed by atoms with E-state index >= 15 is 0 Å². The second-order valence-corrected chi connectivity index (χ2v) is 15.2. The molecule has 6 rings (SSSR count). The van der Waals surface area contributed by atoms with Gasteiger partial charge in [-0.1, -0.05) is 30.1 Å². The number of carbonyl (C=O) groups excluding carboxylic acids is 1. The van der Waals surface area contributed by atoms with Crippen LogP contribution in [0.2, 0.25) is 0 Å². The van der Waals surface area contributed by atoms with Crippen LogP contribution in [0.15, 0.2) is 76.8 Å². The van der Waals surface area contributed by atoms with Crippen molar-refractivity contribution in [3.63, 3.8) is 0 Å². The van der Waals surface area contributed by atoms with Crippen LogP contribution in [0, 0.1) is 17.8 Å². The van der Waals surface area contributed by atoms with Gasteiger partial charge in [0.05, 0.1) is 23.5 Å². The Kier molecular flexibility index (Phi) is 12.8. The summed E-state index contributed by atoms with van der Waals surface area (Å²) in [7, 11) is 1.59. The predicted molar refractivity (Wildman–Crippen MR) is 201 cm³/mol. The van der Waals surface area contributed by atoms with Crippen LogP contribution in [0.4, 0.5) is 5.69 Å². The molecule has 276 valence electrons. The number of nitrogens with zero attached hydrogens (tertiary/aromatic N) is 2. The molecule has 2 aliphatic carbocycles. The van der Waals surface area contributed by atoms with Crippen molar-refractivity contribution >= 4 is 29.1 Å². The molecule has 0 spiro atoms. The lowest BCUT2D eigenvalue weighted by Crippen LogP contribution is -2.64. The minimum absolute atomic E-state index is 0.000263. The number of rotatable bonds is 19. The van der Waals surface area contributed by atoms with Gasteiger partial charge in [0.25, 0.3) is 0 Å². The van der Waals surface area contributed by atoms with Gasteiger partial charge in [-0.2, -0.15) is 0 Å². The van der Waals surface area contributed by atoms with Crippen LogP contribution in [-0.2, 0) is 14.4 Å². The minimum Gasteiger partial charge on any atom is -0.492 e. The predicted octanol–water partition coefficient (Wildman–Crippen LogP) is 6.40. The molecule has 6 unspecified atom stereocenters. The lowest BCUT2D eigenvalue weighted by Gasteiger charge is -2.58. The van der Waals surface area contributed by atoms with Crippen molar-refractivity contribution in [1.82, 2.24) is 4.90 Å². The first-order valence-electron chi connectivity index (χ1n) is 18.4. The summed E-state index contributed by atoms with van der Waals surface area (Å²) in [6.07, 6.45) is 9.85. The van der Waals surface area contributed by atoms with Gasteiger partial charge in [-0.3, -0.25) is 9.69 Å². The van der Waals surface area contributed by atoms with Crippen LogP contribution in [0.5, 0.6) is 11.5 Å². The van der Waals surface area contributed by atoms with E-state index in [1.807, 2.05) is 36.4 Å². The standard InChI is InChI=1S/C40H53N3O7S/c1-4-22-49-40-37(51-31-14-11-29(12-15-31)41-27(2)46)26-35(42-47-3)33-24-28(9-5-7-20-44)32(10-6-8-21-45)38(39(33)40)34-25-30(13-16-36(34)50-40)48-23-19-43-17-18-43/h4,11-16,24-25,28,32,37-39,44-45H,1,5-10,17-23,26H2,2-3H3,(H,41,46). The lowest BCUT2D eigenvalue weighted by molar-refractivity contribution is -0.223. The first kappa shape index (κ1) is 37.4. The zero-order chi connectivity index (χ0) is 35.8. The summed E-state index contributed by atoms with van der Waals surface area (Å²) in [4.78, 5) is 20.6. The van der Waals surface area contributed by atoms with Crippen molar-refractivity contribution in [3.05, 3.63) is 72.3 Å². The summed E-state index contributed by atoms with van der Waals surface area (Å²) in [6.45, 7) is 9.92. The molecule has 10 nitrogen and oxygen atoms in total. The normalized spacial score (nSPS) is 27.1. The maximum Gasteiger partial charge on any atom is 0.231 e. The molecule has 2 aromatic rings. The van der Waals surface area contributed by atoms with Gasteiger partial charge in [-0.05, 0) is 85.6 Å². The van der Waals surface area contributed by atoms with Gasteiger partial charge in [0.15, 0.2) is 0 Å². The molecule has 2 aromatic carbocycles. The number of oxime groups is 1. The van der Waals surface area contributed by atoms with E-state index in [1.165, 1.54) is 6.92 Å². The van der Waals surface area contributed by atoms with Crippen LogP contribution in [0.1, 0.15) is 63.4 Å². The molecule has 0 aromatic heterocycles. The number of aliphatic hydroxyl groups excluding tert-OH is 2. The van der Waals surface area contributed by atoms with E-state index in [0.29, 0.717) is 19.6 Å². The first-order valence-corrected chi connectivity index (χ1v) is 19.3. The van der Waals surface area contributed by atoms with E-state index in [0.717, 1.165) is 97.1 Å². The second-order valence-electron chi connectivity index (χ2n) is 13.9. The number of fused-ring (bicyclic) bond motifs is 2. The Morgan fingerprint density at radius 2 is 1.88 bits per heavy atom. The number of ether oxygens (including phenoxy) is 3. The number of hydrogen-bond donors (Lipinski definition) is 3. The van der Waals surface area contributed by atoms with Gasteiger partial charge in [-0.15, -0.1) is 18.3 Å². The molecule has 4 aliphatic rings. The molecule has 3 N–H and O–H groups in total. The van der Waals surface area contributed by atoms with Crippen LogP contribution < -0.4 is 14.8 Å². The van der Waals surface area contributed by atoms with E-state index in [1.54, 1.807) is 24.9 Å². The minimum atomic E-state index is -1.07. The summed E-state index contributed by atoms with van der Waals surface area (Å²) in [5.74, 6) is 0.648. The van der Waals surface area contributed by atoms with Crippen molar-refractivity contribution in [2.75, 3.05) is 58.5 Å². The third-order valence-electron chi connectivity index (χ3n) is 10.5. The molecule has 1 saturated heterocycles. The fraction of sp³-hybridized carbons (Fsp3) is 0.550. The molecular formula is C40H53N3O7S. The number of benzene rings is 2. The Bertz CT molecular complexity index is 1560. The van der Waals surface area contributed by atoms with Gasteiger partial charge in [-0.25, -0.2) is 0 Å². The fourth-order valence-electron chi connectivity index (χ4n) is 8.20. The highest BCUT2D eigenvalue weighted by Crippen LogP contribution is 2.63. The number of amides is 1. The van der Waals surface area contributed by atoms with Crippen LogP contribution in [0.3, 0.4) is 0 Å². The van der Waals surface area contributed by atoms with Gasteiger partial charge < -0.3 is 34.6 Å². The largest absolute Gasteiger partial charge is 0.492 e. The van der Waals surface area contributed by atoms with Crippen molar-refractivity contribution in [1.29, 1.82) is 0 Å². The zero-order valence-corrected chi connectivity index (χ0v) is 30.7. The highest BCUT2D eigenvalue weighted by Gasteiger charge is 2.64. The number of allylic oxidation sites excluding steroid dienone is 1. The topological polar surface area (TPSA) is 122 Å². The molecule has 0 radical (unpaired) electrons. The first-order chi connectivity index (χ1) is 24.9. The third kappa shape index (κ3) is 8.66. The number of aliphatic hydroxyl groups is 2. The molecule has 2 fully saturated rings. The Hall–Kier alpha value is -3.35. The number of unbranched alkanes of at least 4 members (excludes halogenated alkanes) is 2. The monoisotopic (exact) mass is 719 g/mol. The molecule has 51 heavy (non-hydrogen) atoms. The molecule has 6 atom stereocenters. The highest BCUT2D eigenvalue weighted by atomic mass is 32.2. The highest BCUT2D eigenvalue weighted by molar-refractivity contribution is 8.00. The molecule has 0 bridgehead atoms. The number of hydrogen-bond acceptors (Lipinski definition) is 10. The molecule has 2 heterocycles. The quantitative estimate of drug-likeness (QED) is 0.0656. The number of thioether (sulfide) groups is 1. The van der Waals surface area contributed by atoms with E-state index in [-0.39, 0.29) is 48.0 Å². The Labute approximate surface area is 306 Å². The molecule has 1 saturated carbocycles. The van der Waals surface area contributed by atoms with Crippen molar-refractivity contribution < 1.29 is 34.1 Å². The number of carbonyl (C=O) groups is 1. The molecule has 1 amide bonds. The molecular weight excluding hydrogens is 667 g/mol. The third-order valence-corrected chi connectivity index (χ3v) is 11.8. The van der Waals surface area contributed by atoms with Gasteiger partial charge in [0.1, 0.15) is 25.2 Å². The average Bonchev–Trinajstić information content (AvgIpc) is 3.95. The molecule has 2 aliphatic heterocycles. The number of anilines is 1. The Morgan fingerprint density at radius 3 is 2.57 bits per heavy atom. The fourth-order valence-corrected chi connectivity index (χ4v) is 9.49. The molecule has 11 heteroatoms. The van der Waals surface area contributed by atoms with Gasteiger partial charge in [0.2, 0.25) is 11.7 Å². The van der Waals surface area contributed by atoms with Crippen molar-refractivity contribution in [2.45, 2.75) is 73.7 Å². The van der Waals surface area contributed by atoms with Gasteiger partial charge >= 0.3 is 0 Å². The average molecular weight is 720 g/mol. The summed E-state index contributed by atoms with van der Waals surface area (Å²) in [5, 5.41) is 26.8. The maximum atomic E-state index is 11.7. The Balaban J connectivity index is 1.48. The summed E-state index contributed by atoms with van der Waals surface area (Å²) >= 11 is 1.68. The van der Waals surface area contributed by atoms with E-state index in [4.69, 9.17) is 19.0 Å². The van der Waals surface area contributed by atoms with Crippen LogP contribution in [-0.4, -0.2) is 90.9 Å². The van der Waals surface area contributed by atoms with Crippen molar-refractivity contribution in [3.8, 4) is 11.5 Å². The SMILES string of the molecule is C=CCOC12Oc3ccc(OCCN4CC4)cc3C3C(CCCCO)C(CCCCO)C=C(C(=NOC)CC1Sc1ccc(NC(C)=O)cc1)C32. The van der Waals surface area contributed by atoms with Crippen LogP contribution in [0.25, 0.3) is 0 Å². The summed E-state index contributed by atoms with van der Waals surface area (Å²) < 4.78 is 20.5. The van der Waals surface area contributed by atoms with E-state index in [2.05, 4.69) is 34.1 Å².